The molecule has 0 bridgehead atoms. The Hall–Kier alpha value is -2.00. The normalized spacial score (nSPS) is 13.6. The Bertz CT molecular complexity index is 635. The Morgan fingerprint density at radius 3 is 2.36 bits per heavy atom. The van der Waals surface area contributed by atoms with E-state index in [2.05, 4.69) is 24.3 Å². The summed E-state index contributed by atoms with van der Waals surface area (Å²) in [6, 6.07) is 16.6. The first kappa shape index (κ1) is 17.8. The average Bonchev–Trinajstić information content (AvgIpc) is 3.47. The van der Waals surface area contributed by atoms with Gasteiger partial charge in [-0.15, -0.1) is 0 Å². The molecular weight excluding hydrogens is 312 g/mol. The van der Waals surface area contributed by atoms with Crippen molar-refractivity contribution in [2.75, 3.05) is 20.3 Å². The monoisotopic (exact) mass is 340 g/mol. The lowest BCUT2D eigenvalue weighted by Crippen LogP contribution is -2.03. The van der Waals surface area contributed by atoms with E-state index in [0.29, 0.717) is 13.2 Å². The Kier molecular flexibility index (Phi) is 6.75. The van der Waals surface area contributed by atoms with Crippen molar-refractivity contribution in [3.8, 4) is 11.5 Å². The molecule has 0 spiro atoms. The molecule has 1 saturated carbocycles. The van der Waals surface area contributed by atoms with Crippen LogP contribution in [0.3, 0.4) is 0 Å². The summed E-state index contributed by atoms with van der Waals surface area (Å²) in [7, 11) is 1.72. The van der Waals surface area contributed by atoms with Crippen molar-refractivity contribution < 1.29 is 14.2 Å². The molecule has 1 aliphatic carbocycles. The van der Waals surface area contributed by atoms with Gasteiger partial charge in [-0.2, -0.15) is 0 Å². The number of hydrogen-bond donors (Lipinski definition) is 0. The largest absolute Gasteiger partial charge is 0.493 e. The molecule has 3 rings (SSSR count). The molecule has 134 valence electrons. The molecule has 2 aromatic carbocycles. The Morgan fingerprint density at radius 1 is 0.880 bits per heavy atom. The van der Waals surface area contributed by atoms with Crippen LogP contribution in [0.15, 0.2) is 48.5 Å². The lowest BCUT2D eigenvalue weighted by atomic mass is 10.1. The van der Waals surface area contributed by atoms with Crippen molar-refractivity contribution in [1.82, 2.24) is 0 Å². The van der Waals surface area contributed by atoms with E-state index in [1.807, 2.05) is 24.3 Å². The van der Waals surface area contributed by atoms with Crippen LogP contribution < -0.4 is 9.47 Å². The van der Waals surface area contributed by atoms with E-state index in [1.54, 1.807) is 7.11 Å². The highest BCUT2D eigenvalue weighted by atomic mass is 16.5. The van der Waals surface area contributed by atoms with Gasteiger partial charge in [0.15, 0.2) is 0 Å². The first-order valence-electron chi connectivity index (χ1n) is 9.26. The first-order valence-corrected chi connectivity index (χ1v) is 9.26. The van der Waals surface area contributed by atoms with Crippen LogP contribution in [0.1, 0.15) is 36.8 Å². The SMILES string of the molecule is COCCCOc1cc(CCC2CC2)cc(OCc2ccccc2)c1. The second-order valence-corrected chi connectivity index (χ2v) is 6.76. The maximum Gasteiger partial charge on any atom is 0.123 e. The van der Waals surface area contributed by atoms with Gasteiger partial charge in [-0.1, -0.05) is 43.2 Å². The first-order chi connectivity index (χ1) is 12.3. The van der Waals surface area contributed by atoms with Crippen molar-refractivity contribution in [3.05, 3.63) is 59.7 Å². The fourth-order valence-electron chi connectivity index (χ4n) is 2.85. The lowest BCUT2D eigenvalue weighted by Gasteiger charge is -2.13. The predicted octanol–water partition coefficient (Wildman–Crippen LogP) is 5.02. The zero-order valence-electron chi connectivity index (χ0n) is 15.1. The molecule has 3 heteroatoms. The van der Waals surface area contributed by atoms with Crippen molar-refractivity contribution in [1.29, 1.82) is 0 Å². The van der Waals surface area contributed by atoms with Crippen molar-refractivity contribution in [2.45, 2.75) is 38.7 Å². The van der Waals surface area contributed by atoms with Crippen LogP contribution in [0.25, 0.3) is 0 Å². The minimum atomic E-state index is 0.579. The molecule has 2 aromatic rings. The minimum Gasteiger partial charge on any atom is -0.493 e. The Morgan fingerprint density at radius 2 is 1.64 bits per heavy atom. The molecule has 0 amide bonds. The Balaban J connectivity index is 1.62. The second-order valence-electron chi connectivity index (χ2n) is 6.76. The maximum absolute atomic E-state index is 6.02. The van der Waals surface area contributed by atoms with Crippen LogP contribution in [0.2, 0.25) is 0 Å². The summed E-state index contributed by atoms with van der Waals surface area (Å²) >= 11 is 0. The molecule has 0 saturated heterocycles. The van der Waals surface area contributed by atoms with Crippen LogP contribution in [0.4, 0.5) is 0 Å². The minimum absolute atomic E-state index is 0.579. The molecule has 0 atom stereocenters. The van der Waals surface area contributed by atoms with Crippen LogP contribution in [-0.4, -0.2) is 20.3 Å². The number of hydrogen-bond acceptors (Lipinski definition) is 3. The van der Waals surface area contributed by atoms with Gasteiger partial charge >= 0.3 is 0 Å². The number of methoxy groups -OCH3 is 1. The van der Waals surface area contributed by atoms with Crippen molar-refractivity contribution in [2.24, 2.45) is 5.92 Å². The average molecular weight is 340 g/mol. The highest BCUT2D eigenvalue weighted by Crippen LogP contribution is 2.34. The van der Waals surface area contributed by atoms with E-state index in [0.717, 1.165) is 36.9 Å². The molecule has 0 N–H and O–H groups in total. The van der Waals surface area contributed by atoms with Gasteiger partial charge in [0.05, 0.1) is 6.61 Å². The van der Waals surface area contributed by atoms with Gasteiger partial charge in [0.2, 0.25) is 0 Å². The highest BCUT2D eigenvalue weighted by Gasteiger charge is 2.20. The van der Waals surface area contributed by atoms with Gasteiger partial charge in [-0.25, -0.2) is 0 Å². The maximum atomic E-state index is 6.02. The fourth-order valence-corrected chi connectivity index (χ4v) is 2.85. The molecule has 1 fully saturated rings. The van der Waals surface area contributed by atoms with Crippen molar-refractivity contribution >= 4 is 0 Å². The molecule has 3 nitrogen and oxygen atoms in total. The van der Waals surface area contributed by atoms with Gasteiger partial charge in [0.25, 0.3) is 0 Å². The van der Waals surface area contributed by atoms with E-state index in [4.69, 9.17) is 14.2 Å². The van der Waals surface area contributed by atoms with Gasteiger partial charge < -0.3 is 14.2 Å². The third-order valence-corrected chi connectivity index (χ3v) is 4.49. The predicted molar refractivity (Wildman–Crippen MR) is 100 cm³/mol. The highest BCUT2D eigenvalue weighted by molar-refractivity contribution is 5.39. The number of ether oxygens (including phenoxy) is 3. The summed E-state index contributed by atoms with van der Waals surface area (Å²) in [6.45, 7) is 1.97. The summed E-state index contributed by atoms with van der Waals surface area (Å²) in [5, 5.41) is 0. The molecule has 0 heterocycles. The fraction of sp³-hybridized carbons (Fsp3) is 0.455. The van der Waals surface area contributed by atoms with Crippen LogP contribution in [0.5, 0.6) is 11.5 Å². The van der Waals surface area contributed by atoms with Crippen molar-refractivity contribution in [3.63, 3.8) is 0 Å². The van der Waals surface area contributed by atoms with E-state index in [-0.39, 0.29) is 0 Å². The van der Waals surface area contributed by atoms with E-state index in [1.165, 1.54) is 30.4 Å². The third kappa shape index (κ3) is 6.43. The molecule has 0 aromatic heterocycles. The lowest BCUT2D eigenvalue weighted by molar-refractivity contribution is 0.172. The van der Waals surface area contributed by atoms with Crippen LogP contribution in [-0.2, 0) is 17.8 Å². The summed E-state index contributed by atoms with van der Waals surface area (Å²) in [5.41, 5.74) is 2.48. The van der Waals surface area contributed by atoms with Crippen LogP contribution >= 0.6 is 0 Å². The number of aryl methyl sites for hydroxylation is 1. The standard InChI is InChI=1S/C22H28O3/c1-23-12-5-13-24-21-14-20(11-10-18-8-9-18)15-22(16-21)25-17-19-6-3-2-4-7-19/h2-4,6-7,14-16,18H,5,8-13,17H2,1H3. The molecule has 0 unspecified atom stereocenters. The second kappa shape index (κ2) is 9.47. The topological polar surface area (TPSA) is 27.7 Å². The zero-order chi connectivity index (χ0) is 17.3. The summed E-state index contributed by atoms with van der Waals surface area (Å²) in [5.74, 6) is 2.71. The molecule has 0 aliphatic heterocycles. The number of rotatable bonds is 11. The molecular formula is C22H28O3. The molecule has 25 heavy (non-hydrogen) atoms. The van der Waals surface area contributed by atoms with Gasteiger partial charge in [0.1, 0.15) is 18.1 Å². The summed E-state index contributed by atoms with van der Waals surface area (Å²) in [6.07, 6.45) is 6.05. The third-order valence-electron chi connectivity index (χ3n) is 4.49. The van der Waals surface area contributed by atoms with E-state index in [9.17, 15) is 0 Å². The Labute approximate surface area is 150 Å². The smallest absolute Gasteiger partial charge is 0.123 e. The summed E-state index contributed by atoms with van der Waals surface area (Å²) in [4.78, 5) is 0. The van der Waals surface area contributed by atoms with E-state index >= 15 is 0 Å². The van der Waals surface area contributed by atoms with Crippen LogP contribution in [0, 0.1) is 5.92 Å². The van der Waals surface area contributed by atoms with Gasteiger partial charge in [-0.05, 0) is 42.0 Å². The van der Waals surface area contributed by atoms with Gasteiger partial charge in [-0.3, -0.25) is 0 Å². The number of benzene rings is 2. The zero-order valence-corrected chi connectivity index (χ0v) is 15.1. The van der Waals surface area contributed by atoms with E-state index < -0.39 is 0 Å². The molecule has 0 radical (unpaired) electrons. The molecule has 1 aliphatic rings. The van der Waals surface area contributed by atoms with Gasteiger partial charge in [0, 0.05) is 26.2 Å². The summed E-state index contributed by atoms with van der Waals surface area (Å²) < 4.78 is 17.0. The quantitative estimate of drug-likeness (QED) is 0.537.